The molecule has 1 aliphatic heterocycles. The highest BCUT2D eigenvalue weighted by atomic mass is 19.1. The van der Waals surface area contributed by atoms with Crippen LogP contribution >= 0.6 is 0 Å². The maximum Gasteiger partial charge on any atom is 0.352 e. The predicted octanol–water partition coefficient (Wildman–Crippen LogP) is 2.04. The van der Waals surface area contributed by atoms with Crippen molar-refractivity contribution in [2.75, 3.05) is 23.3 Å². The molecule has 10 heteroatoms. The Morgan fingerprint density at radius 1 is 1.28 bits per heavy atom. The maximum absolute atomic E-state index is 13.3. The fourth-order valence-electron chi connectivity index (χ4n) is 3.54. The zero-order chi connectivity index (χ0) is 20.5. The van der Waals surface area contributed by atoms with Crippen LogP contribution < -0.4 is 15.9 Å². The van der Waals surface area contributed by atoms with Crippen molar-refractivity contribution in [3.8, 4) is 0 Å². The van der Waals surface area contributed by atoms with E-state index in [4.69, 9.17) is 0 Å². The summed E-state index contributed by atoms with van der Waals surface area (Å²) in [4.78, 5) is 31.3. The lowest BCUT2D eigenvalue weighted by molar-refractivity contribution is -0.117. The fraction of sp³-hybridized carbons (Fsp3) is 0.368. The molecule has 1 atom stereocenters. The van der Waals surface area contributed by atoms with Gasteiger partial charge in [-0.25, -0.2) is 22.7 Å². The first kappa shape index (κ1) is 19.0. The molecule has 1 fully saturated rings. The van der Waals surface area contributed by atoms with E-state index in [1.165, 1.54) is 10.8 Å². The zero-order valence-electron chi connectivity index (χ0n) is 15.8. The Bertz CT molecular complexity index is 1110. The number of benzene rings is 1. The van der Waals surface area contributed by atoms with Crippen LogP contribution in [0.3, 0.4) is 0 Å². The molecular weight excluding hydrogens is 382 g/mol. The van der Waals surface area contributed by atoms with Gasteiger partial charge >= 0.3 is 5.69 Å². The van der Waals surface area contributed by atoms with E-state index in [1.54, 1.807) is 12.3 Å². The molecule has 29 heavy (non-hydrogen) atoms. The van der Waals surface area contributed by atoms with Gasteiger partial charge in [0.15, 0.2) is 0 Å². The molecule has 1 amide bonds. The molecule has 0 aliphatic carbocycles. The van der Waals surface area contributed by atoms with Crippen molar-refractivity contribution in [1.82, 2.24) is 19.2 Å². The van der Waals surface area contributed by atoms with Crippen LogP contribution in [0.1, 0.15) is 19.8 Å². The standard InChI is InChI=1S/C19H20F2N6O2/c1-12-3-2-5-25(10-12)16-4-6-26-18(23-16)24-27(19(26)29)11-17(28)22-15-8-13(20)7-14(21)9-15/h4,6-9,12H,2-3,5,10-11H2,1H3,(H,22,28). The van der Waals surface area contributed by atoms with E-state index >= 15 is 0 Å². The Morgan fingerprint density at radius 3 is 2.76 bits per heavy atom. The lowest BCUT2D eigenvalue weighted by Crippen LogP contribution is -2.35. The summed E-state index contributed by atoms with van der Waals surface area (Å²) < 4.78 is 28.7. The molecule has 0 bridgehead atoms. The monoisotopic (exact) mass is 402 g/mol. The van der Waals surface area contributed by atoms with Gasteiger partial charge in [-0.3, -0.25) is 4.79 Å². The Balaban J connectivity index is 1.53. The first-order chi connectivity index (χ1) is 13.9. The van der Waals surface area contributed by atoms with Crippen LogP contribution in [0.5, 0.6) is 0 Å². The molecule has 0 saturated carbocycles. The SMILES string of the molecule is CC1CCCN(c2ccn3c(=O)n(CC(=O)Nc4cc(F)cc(F)c4)nc3n2)C1. The molecule has 2 aromatic heterocycles. The number of nitrogens with zero attached hydrogens (tertiary/aromatic N) is 5. The Kier molecular flexibility index (Phi) is 4.99. The summed E-state index contributed by atoms with van der Waals surface area (Å²) in [6.45, 7) is 3.56. The predicted molar refractivity (Wildman–Crippen MR) is 103 cm³/mol. The van der Waals surface area contributed by atoms with Gasteiger partial charge in [-0.15, -0.1) is 5.10 Å². The molecule has 152 valence electrons. The van der Waals surface area contributed by atoms with E-state index < -0.39 is 29.8 Å². The highest BCUT2D eigenvalue weighted by molar-refractivity contribution is 5.90. The van der Waals surface area contributed by atoms with Crippen LogP contribution in [0.25, 0.3) is 5.78 Å². The van der Waals surface area contributed by atoms with Crippen LogP contribution in [-0.4, -0.2) is 38.2 Å². The lowest BCUT2D eigenvalue weighted by Gasteiger charge is -2.31. The molecule has 3 aromatic rings. The van der Waals surface area contributed by atoms with Crippen LogP contribution in [0.4, 0.5) is 20.3 Å². The van der Waals surface area contributed by atoms with Crippen molar-refractivity contribution in [1.29, 1.82) is 0 Å². The summed E-state index contributed by atoms with van der Waals surface area (Å²) in [7, 11) is 0. The van der Waals surface area contributed by atoms with E-state index in [2.05, 4.69) is 27.2 Å². The smallest absolute Gasteiger partial charge is 0.352 e. The number of anilines is 2. The van der Waals surface area contributed by atoms with Gasteiger partial charge in [0.1, 0.15) is 24.0 Å². The largest absolute Gasteiger partial charge is 0.356 e. The summed E-state index contributed by atoms with van der Waals surface area (Å²) >= 11 is 0. The van der Waals surface area contributed by atoms with E-state index in [0.717, 1.165) is 42.1 Å². The summed E-state index contributed by atoms with van der Waals surface area (Å²) in [5.41, 5.74) is -0.560. The number of piperidine rings is 1. The number of carbonyl (C=O) groups excluding carboxylic acids is 1. The molecule has 1 N–H and O–H groups in total. The van der Waals surface area contributed by atoms with Crippen molar-refractivity contribution < 1.29 is 13.6 Å². The molecule has 0 radical (unpaired) electrons. The Labute approximate surface area is 164 Å². The van der Waals surface area contributed by atoms with Gasteiger partial charge in [0, 0.05) is 31.0 Å². The third kappa shape index (κ3) is 4.10. The average Bonchev–Trinajstić information content (AvgIpc) is 2.95. The summed E-state index contributed by atoms with van der Waals surface area (Å²) in [6.07, 6.45) is 3.84. The third-order valence-corrected chi connectivity index (χ3v) is 4.86. The van der Waals surface area contributed by atoms with Crippen LogP contribution in [0.2, 0.25) is 0 Å². The number of aromatic nitrogens is 4. The number of fused-ring (bicyclic) bond motifs is 1. The number of rotatable bonds is 4. The van der Waals surface area contributed by atoms with Crippen molar-refractivity contribution in [2.24, 2.45) is 5.92 Å². The quantitative estimate of drug-likeness (QED) is 0.722. The van der Waals surface area contributed by atoms with Gasteiger partial charge in [0.25, 0.3) is 5.78 Å². The zero-order valence-corrected chi connectivity index (χ0v) is 15.8. The van der Waals surface area contributed by atoms with Crippen molar-refractivity contribution in [3.05, 3.63) is 52.6 Å². The minimum Gasteiger partial charge on any atom is -0.356 e. The van der Waals surface area contributed by atoms with E-state index in [0.29, 0.717) is 12.0 Å². The van der Waals surface area contributed by atoms with Gasteiger partial charge in [0.05, 0.1) is 0 Å². The maximum atomic E-state index is 13.3. The summed E-state index contributed by atoms with van der Waals surface area (Å²) in [5, 5.41) is 6.48. The molecule has 8 nitrogen and oxygen atoms in total. The van der Waals surface area contributed by atoms with E-state index in [9.17, 15) is 18.4 Å². The second-order valence-corrected chi connectivity index (χ2v) is 7.30. The molecular formula is C19H20F2N6O2. The minimum absolute atomic E-state index is 0.0380. The van der Waals surface area contributed by atoms with Gasteiger partial charge in [-0.1, -0.05) is 6.92 Å². The number of carbonyl (C=O) groups is 1. The highest BCUT2D eigenvalue weighted by Crippen LogP contribution is 2.21. The third-order valence-electron chi connectivity index (χ3n) is 4.86. The first-order valence-electron chi connectivity index (χ1n) is 9.36. The van der Waals surface area contributed by atoms with Gasteiger partial charge in [-0.05, 0) is 37.0 Å². The van der Waals surface area contributed by atoms with E-state index in [-0.39, 0.29) is 11.5 Å². The second-order valence-electron chi connectivity index (χ2n) is 7.30. The topological polar surface area (TPSA) is 84.5 Å². The second kappa shape index (κ2) is 7.61. The van der Waals surface area contributed by atoms with Crippen LogP contribution in [0, 0.1) is 17.6 Å². The van der Waals surface area contributed by atoms with Gasteiger partial charge in [0.2, 0.25) is 5.91 Å². The molecule has 1 aliphatic rings. The van der Waals surface area contributed by atoms with Crippen molar-refractivity contribution in [2.45, 2.75) is 26.3 Å². The summed E-state index contributed by atoms with van der Waals surface area (Å²) in [5.74, 6) is -0.761. The van der Waals surface area contributed by atoms with Crippen LogP contribution in [-0.2, 0) is 11.3 Å². The fourth-order valence-corrected chi connectivity index (χ4v) is 3.54. The molecule has 1 aromatic carbocycles. The molecule has 3 heterocycles. The average molecular weight is 402 g/mol. The van der Waals surface area contributed by atoms with Gasteiger partial charge in [-0.2, -0.15) is 4.98 Å². The number of amides is 1. The van der Waals surface area contributed by atoms with Gasteiger partial charge < -0.3 is 10.2 Å². The Hall–Kier alpha value is -3.30. The van der Waals surface area contributed by atoms with Crippen molar-refractivity contribution in [3.63, 3.8) is 0 Å². The Morgan fingerprint density at radius 2 is 2.03 bits per heavy atom. The lowest BCUT2D eigenvalue weighted by atomic mass is 10.0. The summed E-state index contributed by atoms with van der Waals surface area (Å²) in [6, 6.07) is 4.43. The van der Waals surface area contributed by atoms with E-state index in [1.807, 2.05) is 0 Å². The number of nitrogens with one attached hydrogen (secondary N) is 1. The normalized spacial score (nSPS) is 16.9. The van der Waals surface area contributed by atoms with Crippen molar-refractivity contribution >= 4 is 23.2 Å². The highest BCUT2D eigenvalue weighted by Gasteiger charge is 2.19. The molecule has 1 saturated heterocycles. The number of hydrogen-bond acceptors (Lipinski definition) is 5. The molecule has 4 rings (SSSR count). The number of halogens is 2. The number of hydrogen-bond donors (Lipinski definition) is 1. The van der Waals surface area contributed by atoms with Crippen LogP contribution in [0.15, 0.2) is 35.3 Å². The first-order valence-corrected chi connectivity index (χ1v) is 9.36. The minimum atomic E-state index is -0.811. The molecule has 1 unspecified atom stereocenters. The molecule has 0 spiro atoms.